The summed E-state index contributed by atoms with van der Waals surface area (Å²) in [5.41, 5.74) is 1.41. The molecule has 0 amide bonds. The Labute approximate surface area is 118 Å². The number of rotatable bonds is 5. The Bertz CT molecular complexity index is 604. The molecule has 5 nitrogen and oxygen atoms in total. The predicted octanol–water partition coefficient (Wildman–Crippen LogP) is 2.54. The molecule has 1 aromatic heterocycles. The summed E-state index contributed by atoms with van der Waals surface area (Å²) in [6.07, 6.45) is 2.97. The van der Waals surface area contributed by atoms with E-state index in [4.69, 9.17) is 10.00 Å². The number of aromatic nitrogens is 2. The van der Waals surface area contributed by atoms with Crippen LogP contribution in [-0.4, -0.2) is 22.6 Å². The maximum Gasteiger partial charge on any atom is 0.158 e. The van der Waals surface area contributed by atoms with Gasteiger partial charge in [0.25, 0.3) is 0 Å². The minimum absolute atomic E-state index is 0.00598. The minimum atomic E-state index is -0.00598. The summed E-state index contributed by atoms with van der Waals surface area (Å²) >= 11 is 0. The van der Waals surface area contributed by atoms with E-state index < -0.39 is 0 Å². The van der Waals surface area contributed by atoms with E-state index in [1.54, 1.807) is 6.20 Å². The molecule has 0 saturated carbocycles. The molecule has 2 rings (SSSR count). The van der Waals surface area contributed by atoms with Gasteiger partial charge in [0.1, 0.15) is 23.7 Å². The molecule has 0 spiro atoms. The van der Waals surface area contributed by atoms with Gasteiger partial charge in [0.05, 0.1) is 18.9 Å². The lowest BCUT2D eigenvalue weighted by atomic mass is 10.2. The first-order valence-electron chi connectivity index (χ1n) is 6.37. The van der Waals surface area contributed by atoms with Crippen molar-refractivity contribution in [3.05, 3.63) is 47.9 Å². The van der Waals surface area contributed by atoms with Crippen molar-refractivity contribution in [3.8, 4) is 11.8 Å². The Morgan fingerprint density at radius 3 is 2.75 bits per heavy atom. The number of para-hydroxylation sites is 1. The van der Waals surface area contributed by atoms with Gasteiger partial charge in [-0.25, -0.2) is 9.97 Å². The highest BCUT2D eigenvalue weighted by molar-refractivity contribution is 5.34. The lowest BCUT2D eigenvalue weighted by Gasteiger charge is -2.17. The summed E-state index contributed by atoms with van der Waals surface area (Å²) in [7, 11) is 0. The Balaban J connectivity index is 1.87. The monoisotopic (exact) mass is 268 g/mol. The molecule has 2 aromatic rings. The fourth-order valence-electron chi connectivity index (χ4n) is 1.67. The van der Waals surface area contributed by atoms with Gasteiger partial charge < -0.3 is 10.1 Å². The summed E-state index contributed by atoms with van der Waals surface area (Å²) < 4.78 is 5.85. The van der Waals surface area contributed by atoms with Gasteiger partial charge in [0.15, 0.2) is 5.69 Å². The predicted molar refractivity (Wildman–Crippen MR) is 76.5 cm³/mol. The van der Waals surface area contributed by atoms with E-state index in [1.165, 1.54) is 6.20 Å². The van der Waals surface area contributed by atoms with Crippen LogP contribution in [0.4, 0.5) is 5.82 Å². The normalized spacial score (nSPS) is 11.4. The van der Waals surface area contributed by atoms with Crippen molar-refractivity contribution in [2.45, 2.75) is 20.0 Å². The molecule has 20 heavy (non-hydrogen) atoms. The fraction of sp³-hybridized carbons (Fsp3) is 0.267. The van der Waals surface area contributed by atoms with E-state index in [1.807, 2.05) is 44.2 Å². The Hall–Kier alpha value is -2.61. The first-order valence-corrected chi connectivity index (χ1v) is 6.37. The van der Waals surface area contributed by atoms with Crippen molar-refractivity contribution < 1.29 is 4.74 Å². The first-order chi connectivity index (χ1) is 9.69. The van der Waals surface area contributed by atoms with E-state index >= 15 is 0 Å². The molecule has 0 radical (unpaired) electrons. The molecule has 5 heteroatoms. The Morgan fingerprint density at radius 1 is 1.30 bits per heavy atom. The molecule has 0 fully saturated rings. The molecular formula is C15H16N4O. The van der Waals surface area contributed by atoms with Crippen molar-refractivity contribution in [1.29, 1.82) is 5.26 Å². The van der Waals surface area contributed by atoms with Crippen LogP contribution in [0.25, 0.3) is 0 Å². The molecule has 1 N–H and O–H groups in total. The number of nitriles is 1. The van der Waals surface area contributed by atoms with E-state index in [-0.39, 0.29) is 6.10 Å². The van der Waals surface area contributed by atoms with E-state index in [9.17, 15) is 0 Å². The van der Waals surface area contributed by atoms with Crippen LogP contribution in [-0.2, 0) is 0 Å². The molecule has 102 valence electrons. The standard InChI is InChI=1S/C15H16N4O/c1-11-5-3-4-6-14(11)20-12(2)8-18-15-10-17-13(7-16)9-19-15/h3-6,9-10,12H,8H2,1-2H3,(H,18,19). The molecule has 0 saturated heterocycles. The van der Waals surface area contributed by atoms with E-state index in [0.29, 0.717) is 18.1 Å². The maximum atomic E-state index is 8.64. The molecular weight excluding hydrogens is 252 g/mol. The second-order valence-electron chi connectivity index (χ2n) is 4.47. The zero-order chi connectivity index (χ0) is 14.4. The zero-order valence-electron chi connectivity index (χ0n) is 11.5. The molecule has 1 heterocycles. The largest absolute Gasteiger partial charge is 0.489 e. The van der Waals surface area contributed by atoms with Crippen molar-refractivity contribution in [2.24, 2.45) is 0 Å². The smallest absolute Gasteiger partial charge is 0.158 e. The van der Waals surface area contributed by atoms with Crippen LogP contribution in [0, 0.1) is 18.3 Å². The van der Waals surface area contributed by atoms with E-state index in [2.05, 4.69) is 15.3 Å². The topological polar surface area (TPSA) is 70.8 Å². The van der Waals surface area contributed by atoms with Crippen molar-refractivity contribution in [2.75, 3.05) is 11.9 Å². The van der Waals surface area contributed by atoms with Crippen LogP contribution >= 0.6 is 0 Å². The molecule has 1 unspecified atom stereocenters. The highest BCUT2D eigenvalue weighted by Gasteiger charge is 2.06. The number of ether oxygens (including phenoxy) is 1. The second-order valence-corrected chi connectivity index (χ2v) is 4.47. The van der Waals surface area contributed by atoms with Gasteiger partial charge in [0, 0.05) is 0 Å². The summed E-state index contributed by atoms with van der Waals surface area (Å²) in [5, 5.41) is 11.8. The van der Waals surface area contributed by atoms with Crippen LogP contribution in [0.15, 0.2) is 36.7 Å². The number of hydrogen-bond donors (Lipinski definition) is 1. The van der Waals surface area contributed by atoms with Crippen LogP contribution in [0.1, 0.15) is 18.2 Å². The van der Waals surface area contributed by atoms with Crippen LogP contribution in [0.3, 0.4) is 0 Å². The van der Waals surface area contributed by atoms with Gasteiger partial charge in [0.2, 0.25) is 0 Å². The molecule has 0 aliphatic heterocycles. The molecule has 1 aromatic carbocycles. The number of anilines is 1. The molecule has 0 aliphatic rings. The van der Waals surface area contributed by atoms with Crippen molar-refractivity contribution >= 4 is 5.82 Å². The third-order valence-corrected chi connectivity index (χ3v) is 2.76. The first kappa shape index (κ1) is 13.8. The second kappa shape index (κ2) is 6.53. The highest BCUT2D eigenvalue weighted by atomic mass is 16.5. The van der Waals surface area contributed by atoms with Gasteiger partial charge in [-0.15, -0.1) is 0 Å². The Kier molecular flexibility index (Phi) is 4.51. The van der Waals surface area contributed by atoms with Crippen LogP contribution < -0.4 is 10.1 Å². The Morgan fingerprint density at radius 2 is 2.10 bits per heavy atom. The van der Waals surface area contributed by atoms with Gasteiger partial charge >= 0.3 is 0 Å². The average molecular weight is 268 g/mol. The van der Waals surface area contributed by atoms with Gasteiger partial charge in [-0.1, -0.05) is 18.2 Å². The number of hydrogen-bond acceptors (Lipinski definition) is 5. The summed E-state index contributed by atoms with van der Waals surface area (Å²) in [4.78, 5) is 8.04. The maximum absolute atomic E-state index is 8.64. The summed E-state index contributed by atoms with van der Waals surface area (Å²) in [5.74, 6) is 1.51. The average Bonchev–Trinajstić information content (AvgIpc) is 2.48. The van der Waals surface area contributed by atoms with Gasteiger partial charge in [-0.2, -0.15) is 5.26 Å². The summed E-state index contributed by atoms with van der Waals surface area (Å²) in [6.45, 7) is 4.60. The van der Waals surface area contributed by atoms with Gasteiger partial charge in [-0.05, 0) is 25.5 Å². The zero-order valence-corrected chi connectivity index (χ0v) is 11.5. The SMILES string of the molecule is Cc1ccccc1OC(C)CNc1cnc(C#N)cn1. The molecule has 0 aliphatic carbocycles. The number of nitrogens with zero attached hydrogens (tertiary/aromatic N) is 3. The van der Waals surface area contributed by atoms with Crippen molar-refractivity contribution in [3.63, 3.8) is 0 Å². The van der Waals surface area contributed by atoms with Crippen LogP contribution in [0.2, 0.25) is 0 Å². The lowest BCUT2D eigenvalue weighted by molar-refractivity contribution is 0.233. The van der Waals surface area contributed by atoms with Crippen molar-refractivity contribution in [1.82, 2.24) is 9.97 Å². The number of aryl methyl sites for hydroxylation is 1. The third kappa shape index (κ3) is 3.69. The number of nitrogens with one attached hydrogen (secondary N) is 1. The number of benzene rings is 1. The van der Waals surface area contributed by atoms with Gasteiger partial charge in [-0.3, -0.25) is 0 Å². The lowest BCUT2D eigenvalue weighted by Crippen LogP contribution is -2.23. The fourth-order valence-corrected chi connectivity index (χ4v) is 1.67. The molecule has 1 atom stereocenters. The quantitative estimate of drug-likeness (QED) is 0.902. The van der Waals surface area contributed by atoms with Crippen LogP contribution in [0.5, 0.6) is 5.75 Å². The molecule has 0 bridgehead atoms. The summed E-state index contributed by atoms with van der Waals surface area (Å²) in [6, 6.07) is 9.84. The third-order valence-electron chi connectivity index (χ3n) is 2.76. The highest BCUT2D eigenvalue weighted by Crippen LogP contribution is 2.17. The minimum Gasteiger partial charge on any atom is -0.489 e. The van der Waals surface area contributed by atoms with E-state index in [0.717, 1.165) is 11.3 Å².